The highest BCUT2D eigenvalue weighted by Crippen LogP contribution is 2.31. The van der Waals surface area contributed by atoms with Crippen molar-refractivity contribution in [1.29, 1.82) is 0 Å². The molecule has 0 amide bonds. The summed E-state index contributed by atoms with van der Waals surface area (Å²) in [5.74, 6) is -0.515. The van der Waals surface area contributed by atoms with E-state index >= 15 is 0 Å². The van der Waals surface area contributed by atoms with Gasteiger partial charge in [0.2, 0.25) is 0 Å². The van der Waals surface area contributed by atoms with Crippen molar-refractivity contribution in [2.24, 2.45) is 0 Å². The Balaban J connectivity index is 2.80. The summed E-state index contributed by atoms with van der Waals surface area (Å²) in [7, 11) is 0. The number of nitrogens with one attached hydrogen (secondary N) is 1. The quantitative estimate of drug-likeness (QED) is 0.837. The Morgan fingerprint density at radius 1 is 1.29 bits per heavy atom. The number of fused-ring (bicyclic) bond motifs is 1. The summed E-state index contributed by atoms with van der Waals surface area (Å²) in [6.07, 6.45) is 0. The predicted octanol–water partition coefficient (Wildman–Crippen LogP) is 3.76. The van der Waals surface area contributed by atoms with E-state index in [4.69, 9.17) is 4.74 Å². The third-order valence-electron chi connectivity index (χ3n) is 3.21. The van der Waals surface area contributed by atoms with Crippen LogP contribution in [0.1, 0.15) is 43.7 Å². The van der Waals surface area contributed by atoms with Crippen LogP contribution in [0, 0.1) is 0 Å². The van der Waals surface area contributed by atoms with E-state index in [0.717, 1.165) is 10.0 Å². The van der Waals surface area contributed by atoms with E-state index in [1.807, 2.05) is 6.07 Å². The number of ether oxygens (including phenoxy) is 1. The number of aromatic amines is 1. The number of pyridine rings is 1. The maximum absolute atomic E-state index is 12.3. The van der Waals surface area contributed by atoms with Crippen LogP contribution >= 0.6 is 15.9 Å². The number of rotatable bonds is 2. The fraction of sp³-hybridized carbons (Fsp3) is 0.375. The van der Waals surface area contributed by atoms with Gasteiger partial charge in [0.25, 0.3) is 0 Å². The maximum atomic E-state index is 12.3. The van der Waals surface area contributed by atoms with E-state index in [1.165, 1.54) is 6.07 Å². The molecule has 112 valence electrons. The third kappa shape index (κ3) is 3.18. The molecule has 1 N–H and O–H groups in total. The molecule has 1 heterocycles. The van der Waals surface area contributed by atoms with E-state index in [2.05, 4.69) is 41.7 Å². The Hall–Kier alpha value is -1.62. The zero-order valence-corrected chi connectivity index (χ0v) is 14.1. The first-order chi connectivity index (χ1) is 9.74. The van der Waals surface area contributed by atoms with Gasteiger partial charge in [0, 0.05) is 15.9 Å². The molecule has 0 spiro atoms. The fourth-order valence-corrected chi connectivity index (χ4v) is 2.68. The lowest BCUT2D eigenvalue weighted by molar-refractivity contribution is 0.0520. The van der Waals surface area contributed by atoms with Gasteiger partial charge in [-0.3, -0.25) is 4.79 Å². The number of halogens is 1. The van der Waals surface area contributed by atoms with Crippen molar-refractivity contribution in [3.8, 4) is 0 Å². The molecular formula is C16H18BrNO3. The number of carbonyl (C=O) groups is 1. The predicted molar refractivity (Wildman–Crippen MR) is 86.9 cm³/mol. The molecular weight excluding hydrogens is 334 g/mol. The van der Waals surface area contributed by atoms with Crippen LogP contribution in [0.15, 0.2) is 27.5 Å². The van der Waals surface area contributed by atoms with Crippen LogP contribution in [0.3, 0.4) is 0 Å². The van der Waals surface area contributed by atoms with Gasteiger partial charge in [-0.1, -0.05) is 36.7 Å². The van der Waals surface area contributed by atoms with Crippen LogP contribution in [0.4, 0.5) is 0 Å². The zero-order valence-electron chi connectivity index (χ0n) is 12.5. The fourth-order valence-electron chi connectivity index (χ4n) is 2.23. The minimum Gasteiger partial charge on any atom is -0.461 e. The van der Waals surface area contributed by atoms with Crippen LogP contribution < -0.4 is 5.43 Å². The largest absolute Gasteiger partial charge is 0.461 e. The standard InChI is InChI=1S/C16H18BrNO3/c1-5-21-15(20)12-8-13(19)10-6-9(17)7-11(14(10)18-12)16(2,3)4/h6-8H,5H2,1-4H3,(H,18,19). The van der Waals surface area contributed by atoms with Crippen molar-refractivity contribution in [2.45, 2.75) is 33.1 Å². The molecule has 0 fully saturated rings. The summed E-state index contributed by atoms with van der Waals surface area (Å²) in [4.78, 5) is 27.2. The molecule has 5 heteroatoms. The monoisotopic (exact) mass is 351 g/mol. The van der Waals surface area contributed by atoms with Gasteiger partial charge in [-0.2, -0.15) is 0 Å². The molecule has 0 saturated carbocycles. The lowest BCUT2D eigenvalue weighted by Gasteiger charge is -2.21. The van der Waals surface area contributed by atoms with Gasteiger partial charge in [0.15, 0.2) is 5.43 Å². The Morgan fingerprint density at radius 2 is 1.95 bits per heavy atom. The topological polar surface area (TPSA) is 59.2 Å². The number of hydrogen-bond acceptors (Lipinski definition) is 3. The molecule has 4 nitrogen and oxygen atoms in total. The van der Waals surface area contributed by atoms with Crippen molar-refractivity contribution in [3.63, 3.8) is 0 Å². The minimum atomic E-state index is -0.515. The normalized spacial score (nSPS) is 11.7. The van der Waals surface area contributed by atoms with Gasteiger partial charge in [-0.05, 0) is 30.0 Å². The van der Waals surface area contributed by atoms with Crippen LogP contribution in [-0.2, 0) is 10.2 Å². The van der Waals surface area contributed by atoms with Gasteiger partial charge < -0.3 is 9.72 Å². The maximum Gasteiger partial charge on any atom is 0.354 e. The molecule has 1 aromatic carbocycles. The van der Waals surface area contributed by atoms with E-state index < -0.39 is 5.97 Å². The summed E-state index contributed by atoms with van der Waals surface area (Å²) in [5, 5.41) is 0.558. The molecule has 0 aliphatic rings. The molecule has 0 aliphatic carbocycles. The molecule has 21 heavy (non-hydrogen) atoms. The third-order valence-corrected chi connectivity index (χ3v) is 3.66. The molecule has 0 unspecified atom stereocenters. The summed E-state index contributed by atoms with van der Waals surface area (Å²) in [5.41, 5.74) is 1.47. The van der Waals surface area contributed by atoms with Gasteiger partial charge in [-0.15, -0.1) is 0 Å². The molecule has 2 rings (SSSR count). The first-order valence-electron chi connectivity index (χ1n) is 6.78. The number of carbonyl (C=O) groups excluding carboxylic acids is 1. The van der Waals surface area contributed by atoms with E-state index in [9.17, 15) is 9.59 Å². The highest BCUT2D eigenvalue weighted by Gasteiger charge is 2.20. The number of esters is 1. The summed E-state index contributed by atoms with van der Waals surface area (Å²) >= 11 is 3.44. The molecule has 0 radical (unpaired) electrons. The van der Waals surface area contributed by atoms with E-state index in [1.54, 1.807) is 13.0 Å². The summed E-state index contributed by atoms with van der Waals surface area (Å²) in [6.45, 7) is 8.18. The Bertz CT molecular complexity index is 756. The molecule has 0 saturated heterocycles. The highest BCUT2D eigenvalue weighted by atomic mass is 79.9. The number of H-pyrrole nitrogens is 1. The van der Waals surface area contributed by atoms with Gasteiger partial charge in [0.05, 0.1) is 12.1 Å². The Labute approximate surface area is 131 Å². The average Bonchev–Trinajstić information content (AvgIpc) is 2.37. The van der Waals surface area contributed by atoms with Gasteiger partial charge >= 0.3 is 5.97 Å². The lowest BCUT2D eigenvalue weighted by atomic mass is 9.85. The second-order valence-corrected chi connectivity index (χ2v) is 6.81. The smallest absolute Gasteiger partial charge is 0.354 e. The number of hydrogen-bond donors (Lipinski definition) is 1. The summed E-state index contributed by atoms with van der Waals surface area (Å²) < 4.78 is 5.80. The van der Waals surface area contributed by atoms with E-state index in [0.29, 0.717) is 10.9 Å². The second-order valence-electron chi connectivity index (χ2n) is 5.89. The average molecular weight is 352 g/mol. The van der Waals surface area contributed by atoms with Crippen molar-refractivity contribution in [1.82, 2.24) is 4.98 Å². The van der Waals surface area contributed by atoms with Gasteiger partial charge in [0.1, 0.15) is 5.69 Å². The van der Waals surface area contributed by atoms with Crippen molar-refractivity contribution in [2.75, 3.05) is 6.61 Å². The molecule has 1 aromatic heterocycles. The van der Waals surface area contributed by atoms with Crippen molar-refractivity contribution in [3.05, 3.63) is 44.2 Å². The SMILES string of the molecule is CCOC(=O)c1cc(=O)c2cc(Br)cc(C(C)(C)C)c2[nH]1. The molecule has 0 bridgehead atoms. The molecule has 2 aromatic rings. The van der Waals surface area contributed by atoms with Crippen LogP contribution in [0.25, 0.3) is 10.9 Å². The van der Waals surface area contributed by atoms with Crippen LogP contribution in [0.5, 0.6) is 0 Å². The number of benzene rings is 1. The Kier molecular flexibility index (Phi) is 4.23. The minimum absolute atomic E-state index is 0.168. The number of aromatic nitrogens is 1. The second kappa shape index (κ2) is 5.64. The first kappa shape index (κ1) is 15.8. The van der Waals surface area contributed by atoms with Crippen LogP contribution in [0.2, 0.25) is 0 Å². The summed E-state index contributed by atoms with van der Waals surface area (Å²) in [6, 6.07) is 5.02. The van der Waals surface area contributed by atoms with Crippen molar-refractivity contribution < 1.29 is 9.53 Å². The van der Waals surface area contributed by atoms with Gasteiger partial charge in [-0.25, -0.2) is 4.79 Å². The van der Waals surface area contributed by atoms with Crippen molar-refractivity contribution >= 4 is 32.8 Å². The zero-order chi connectivity index (χ0) is 15.8. The molecule has 0 atom stereocenters. The van der Waals surface area contributed by atoms with Crippen LogP contribution in [-0.4, -0.2) is 17.6 Å². The van der Waals surface area contributed by atoms with E-state index in [-0.39, 0.29) is 23.1 Å². The highest BCUT2D eigenvalue weighted by molar-refractivity contribution is 9.10. The molecule has 0 aliphatic heterocycles. The first-order valence-corrected chi connectivity index (χ1v) is 7.57. The lowest BCUT2D eigenvalue weighted by Crippen LogP contribution is -2.17. The Morgan fingerprint density at radius 3 is 2.52 bits per heavy atom.